The van der Waals surface area contributed by atoms with Crippen LogP contribution in [-0.4, -0.2) is 34.1 Å². The maximum absolute atomic E-state index is 13.6. The molecule has 0 radical (unpaired) electrons. The van der Waals surface area contributed by atoms with Crippen LogP contribution in [0.1, 0.15) is 28.3 Å². The first-order valence-electron chi connectivity index (χ1n) is 13.8. The molecule has 4 aromatic carbocycles. The number of nitrogens with zero attached hydrogens (tertiary/aromatic N) is 3. The van der Waals surface area contributed by atoms with Crippen LogP contribution in [0.15, 0.2) is 113 Å². The van der Waals surface area contributed by atoms with E-state index < -0.39 is 17.7 Å². The molecule has 1 aliphatic rings. The zero-order valence-corrected chi connectivity index (χ0v) is 25.6. The molecule has 1 aliphatic heterocycles. The summed E-state index contributed by atoms with van der Waals surface area (Å²) in [7, 11) is 1.53. The summed E-state index contributed by atoms with van der Waals surface area (Å²) in [4.78, 5) is 28.5. The maximum Gasteiger partial charge on any atom is 0.301 e. The van der Waals surface area contributed by atoms with Gasteiger partial charge < -0.3 is 14.6 Å². The Morgan fingerprint density at radius 1 is 0.911 bits per heavy atom. The Balaban J connectivity index is 1.36. The van der Waals surface area contributed by atoms with E-state index in [1.165, 1.54) is 35.9 Å². The van der Waals surface area contributed by atoms with Gasteiger partial charge in [0.05, 0.1) is 18.7 Å². The molecule has 0 spiro atoms. The van der Waals surface area contributed by atoms with E-state index in [0.29, 0.717) is 39.3 Å². The molecule has 0 saturated carbocycles. The Bertz CT molecular complexity index is 1860. The fourth-order valence-corrected chi connectivity index (χ4v) is 6.67. The van der Waals surface area contributed by atoms with Crippen molar-refractivity contribution in [2.75, 3.05) is 12.0 Å². The summed E-state index contributed by atoms with van der Waals surface area (Å²) >= 11 is 2.53. The Hall–Kier alpha value is -5.00. The molecule has 0 bridgehead atoms. The van der Waals surface area contributed by atoms with Crippen LogP contribution in [0, 0.1) is 5.82 Å². The molecule has 1 atom stereocenters. The number of Topliss-reactive ketones (excluding diaryl/α,β-unsaturated/α-hetero) is 1. The highest BCUT2D eigenvalue weighted by Gasteiger charge is 2.48. The smallest absolute Gasteiger partial charge is 0.301 e. The van der Waals surface area contributed by atoms with Crippen molar-refractivity contribution in [1.29, 1.82) is 0 Å². The molecule has 11 heteroatoms. The van der Waals surface area contributed by atoms with Gasteiger partial charge >= 0.3 is 5.91 Å². The average Bonchev–Trinajstić information content (AvgIpc) is 3.65. The molecule has 0 aliphatic carbocycles. The zero-order valence-electron chi connectivity index (χ0n) is 23.9. The van der Waals surface area contributed by atoms with Gasteiger partial charge in [0.1, 0.15) is 29.7 Å². The van der Waals surface area contributed by atoms with E-state index in [2.05, 4.69) is 10.2 Å². The molecular formula is C34H26FN3O5S2. The van der Waals surface area contributed by atoms with Gasteiger partial charge in [0, 0.05) is 11.3 Å². The van der Waals surface area contributed by atoms with Crippen LogP contribution in [0.2, 0.25) is 0 Å². The number of carbonyl (C=O) groups is 2. The lowest BCUT2D eigenvalue weighted by Gasteiger charge is -2.23. The molecule has 6 rings (SSSR count). The number of methoxy groups -OCH3 is 1. The summed E-state index contributed by atoms with van der Waals surface area (Å²) < 4.78 is 25.2. The SMILES string of the molecule is COc1ccc(/C(O)=C2\C(=O)C(=O)N(c3nnc(SCc4ccc(F)cc4)s3)C2c2cccc(OCc3ccccc3)c2)cc1. The van der Waals surface area contributed by atoms with E-state index in [1.54, 1.807) is 60.7 Å². The van der Waals surface area contributed by atoms with Crippen LogP contribution >= 0.6 is 23.1 Å². The van der Waals surface area contributed by atoms with Crippen LogP contribution in [0.4, 0.5) is 9.52 Å². The Labute approximate surface area is 266 Å². The van der Waals surface area contributed by atoms with E-state index in [0.717, 1.165) is 22.5 Å². The lowest BCUT2D eigenvalue weighted by Crippen LogP contribution is -2.29. The second-order valence-corrected chi connectivity index (χ2v) is 12.2. The van der Waals surface area contributed by atoms with Crippen molar-refractivity contribution in [3.05, 3.63) is 137 Å². The summed E-state index contributed by atoms with van der Waals surface area (Å²) in [6, 6.07) is 28.5. The minimum Gasteiger partial charge on any atom is -0.507 e. The molecule has 1 aromatic heterocycles. The quantitative estimate of drug-likeness (QED) is 0.0564. The van der Waals surface area contributed by atoms with Crippen LogP contribution < -0.4 is 14.4 Å². The number of ether oxygens (including phenoxy) is 2. The van der Waals surface area contributed by atoms with Crippen LogP contribution in [0.25, 0.3) is 5.76 Å². The van der Waals surface area contributed by atoms with Crippen molar-refractivity contribution < 1.29 is 28.6 Å². The number of anilines is 1. The third kappa shape index (κ3) is 6.59. The van der Waals surface area contributed by atoms with E-state index >= 15 is 0 Å². The molecule has 1 fully saturated rings. The third-order valence-corrected chi connectivity index (χ3v) is 9.23. The summed E-state index contributed by atoms with van der Waals surface area (Å²) in [6.07, 6.45) is 0. The van der Waals surface area contributed by atoms with Crippen molar-refractivity contribution in [3.8, 4) is 11.5 Å². The predicted octanol–water partition coefficient (Wildman–Crippen LogP) is 7.18. The molecule has 2 heterocycles. The van der Waals surface area contributed by atoms with E-state index in [4.69, 9.17) is 9.47 Å². The van der Waals surface area contributed by atoms with Crippen molar-refractivity contribution in [2.24, 2.45) is 0 Å². The number of aliphatic hydroxyl groups excluding tert-OH is 1. The van der Waals surface area contributed by atoms with Crippen LogP contribution in [0.3, 0.4) is 0 Å². The maximum atomic E-state index is 13.6. The molecule has 1 saturated heterocycles. The lowest BCUT2D eigenvalue weighted by molar-refractivity contribution is -0.132. The van der Waals surface area contributed by atoms with Crippen LogP contribution in [0.5, 0.6) is 11.5 Å². The fourth-order valence-electron chi connectivity index (χ4n) is 4.85. The fraction of sp³-hybridized carbons (Fsp3) is 0.118. The minimum absolute atomic E-state index is 0.0823. The van der Waals surface area contributed by atoms with Gasteiger partial charge in [-0.2, -0.15) is 0 Å². The first-order chi connectivity index (χ1) is 21.9. The largest absolute Gasteiger partial charge is 0.507 e. The number of benzene rings is 4. The van der Waals surface area contributed by atoms with E-state index in [9.17, 15) is 19.1 Å². The molecule has 1 unspecified atom stereocenters. The first-order valence-corrected chi connectivity index (χ1v) is 15.6. The van der Waals surface area contributed by atoms with Gasteiger partial charge in [-0.25, -0.2) is 4.39 Å². The van der Waals surface area contributed by atoms with E-state index in [1.807, 2.05) is 30.3 Å². The van der Waals surface area contributed by atoms with Crippen molar-refractivity contribution in [3.63, 3.8) is 0 Å². The Morgan fingerprint density at radius 2 is 1.67 bits per heavy atom. The molecule has 8 nitrogen and oxygen atoms in total. The second-order valence-electron chi connectivity index (χ2n) is 10.0. The third-order valence-electron chi connectivity index (χ3n) is 7.11. The predicted molar refractivity (Wildman–Crippen MR) is 171 cm³/mol. The van der Waals surface area contributed by atoms with E-state index in [-0.39, 0.29) is 22.3 Å². The minimum atomic E-state index is -1.00. The number of aromatic nitrogens is 2. The number of hydrogen-bond donors (Lipinski definition) is 1. The first kappa shape index (κ1) is 30.0. The topological polar surface area (TPSA) is 102 Å². The summed E-state index contributed by atoms with van der Waals surface area (Å²) in [6.45, 7) is 0.321. The molecule has 226 valence electrons. The van der Waals surface area contributed by atoms with Gasteiger partial charge in [-0.3, -0.25) is 14.5 Å². The van der Waals surface area contributed by atoms with Gasteiger partial charge in [-0.1, -0.05) is 77.7 Å². The van der Waals surface area contributed by atoms with Crippen molar-refractivity contribution >= 4 is 45.7 Å². The highest BCUT2D eigenvalue weighted by atomic mass is 32.2. The second kappa shape index (κ2) is 13.3. The normalized spacial score (nSPS) is 15.8. The monoisotopic (exact) mass is 639 g/mol. The number of thioether (sulfide) groups is 1. The van der Waals surface area contributed by atoms with Crippen molar-refractivity contribution in [2.45, 2.75) is 22.7 Å². The number of ketones is 1. The Kier molecular flexibility index (Phi) is 8.90. The van der Waals surface area contributed by atoms with Gasteiger partial charge in [0.2, 0.25) is 5.13 Å². The standard InChI is InChI=1S/C34H26FN3O5S2/c1-42-26-16-12-23(13-17-26)30(39)28-29(24-8-5-9-27(18-24)43-19-21-6-3-2-4-7-21)38(32(41)31(28)40)33-36-37-34(45-33)44-20-22-10-14-25(35)15-11-22/h2-18,29,39H,19-20H2,1H3/b30-28+. The zero-order chi connectivity index (χ0) is 31.3. The van der Waals surface area contributed by atoms with Gasteiger partial charge in [0.15, 0.2) is 4.34 Å². The highest BCUT2D eigenvalue weighted by molar-refractivity contribution is 8.00. The molecule has 45 heavy (non-hydrogen) atoms. The number of halogens is 1. The van der Waals surface area contributed by atoms with Gasteiger partial charge in [-0.05, 0) is 65.2 Å². The molecular weight excluding hydrogens is 614 g/mol. The highest BCUT2D eigenvalue weighted by Crippen LogP contribution is 2.44. The number of amides is 1. The summed E-state index contributed by atoms with van der Waals surface area (Å²) in [5.41, 5.74) is 2.69. The van der Waals surface area contributed by atoms with Crippen molar-refractivity contribution in [1.82, 2.24) is 10.2 Å². The summed E-state index contributed by atoms with van der Waals surface area (Å²) in [5.74, 6) is -0.715. The summed E-state index contributed by atoms with van der Waals surface area (Å²) in [5, 5.41) is 20.2. The molecule has 1 N–H and O–H groups in total. The molecule has 1 amide bonds. The Morgan fingerprint density at radius 3 is 2.40 bits per heavy atom. The van der Waals surface area contributed by atoms with Crippen LogP contribution in [-0.2, 0) is 21.9 Å². The number of carbonyl (C=O) groups excluding carboxylic acids is 2. The number of aliphatic hydroxyl groups is 1. The number of rotatable bonds is 10. The number of hydrogen-bond acceptors (Lipinski definition) is 9. The molecule has 5 aromatic rings. The van der Waals surface area contributed by atoms with Gasteiger partial charge in [-0.15, -0.1) is 10.2 Å². The average molecular weight is 640 g/mol. The van der Waals surface area contributed by atoms with Gasteiger partial charge in [0.25, 0.3) is 5.78 Å². The lowest BCUT2D eigenvalue weighted by atomic mass is 9.95.